The molecule has 156 valence electrons. The fraction of sp³-hybridized carbons (Fsp3) is 0.545. The van der Waals surface area contributed by atoms with Crippen LogP contribution in [0.1, 0.15) is 56.2 Å². The van der Waals surface area contributed by atoms with Gasteiger partial charge in [0.25, 0.3) is 5.91 Å². The van der Waals surface area contributed by atoms with Crippen LogP contribution in [0.4, 0.5) is 5.82 Å². The Hall–Kier alpha value is -2.54. The lowest BCUT2D eigenvalue weighted by Gasteiger charge is -2.23. The van der Waals surface area contributed by atoms with Crippen molar-refractivity contribution in [2.75, 3.05) is 32.6 Å². The van der Waals surface area contributed by atoms with Crippen LogP contribution in [0.3, 0.4) is 0 Å². The number of nitrogens with one attached hydrogen (secondary N) is 2. The van der Waals surface area contributed by atoms with Crippen molar-refractivity contribution >= 4 is 11.7 Å². The molecular weight excluding hydrogens is 368 g/mol. The van der Waals surface area contributed by atoms with Crippen LogP contribution < -0.4 is 19.7 Å². The van der Waals surface area contributed by atoms with Crippen molar-refractivity contribution < 1.29 is 19.2 Å². The Labute approximate surface area is 172 Å². The van der Waals surface area contributed by atoms with E-state index in [2.05, 4.69) is 16.5 Å². The van der Waals surface area contributed by atoms with E-state index in [0.29, 0.717) is 12.6 Å². The number of nitrogens with zero attached hydrogens (tertiary/aromatic N) is 2. The summed E-state index contributed by atoms with van der Waals surface area (Å²) in [6, 6.07) is 8.52. The molecule has 7 heteroatoms. The zero-order chi connectivity index (χ0) is 20.2. The van der Waals surface area contributed by atoms with E-state index in [1.165, 1.54) is 17.7 Å². The largest absolute Gasteiger partial charge is 0.497 e. The third kappa shape index (κ3) is 4.24. The molecule has 1 amide bonds. The van der Waals surface area contributed by atoms with Crippen molar-refractivity contribution in [1.82, 2.24) is 9.78 Å². The van der Waals surface area contributed by atoms with Crippen LogP contribution in [-0.2, 0) is 4.79 Å². The summed E-state index contributed by atoms with van der Waals surface area (Å²) in [6.07, 6.45) is 8.68. The van der Waals surface area contributed by atoms with Gasteiger partial charge >= 0.3 is 0 Å². The van der Waals surface area contributed by atoms with Gasteiger partial charge in [0, 0.05) is 25.0 Å². The second-order valence-electron chi connectivity index (χ2n) is 8.04. The Bertz CT molecular complexity index is 844. The van der Waals surface area contributed by atoms with Gasteiger partial charge in [-0.2, -0.15) is 5.10 Å². The predicted octanol–water partition coefficient (Wildman–Crippen LogP) is 2.37. The van der Waals surface area contributed by atoms with Crippen molar-refractivity contribution in [2.45, 2.75) is 50.6 Å². The Kier molecular flexibility index (Phi) is 6.04. The first-order valence-electron chi connectivity index (χ1n) is 10.6. The van der Waals surface area contributed by atoms with Crippen LogP contribution >= 0.6 is 0 Å². The average molecular weight is 400 g/mol. The third-order valence-corrected chi connectivity index (χ3v) is 6.30. The summed E-state index contributed by atoms with van der Waals surface area (Å²) in [5.74, 6) is 2.47. The van der Waals surface area contributed by atoms with Gasteiger partial charge < -0.3 is 19.7 Å². The summed E-state index contributed by atoms with van der Waals surface area (Å²) in [7, 11) is 3.34. The minimum atomic E-state index is 0.0409. The molecule has 1 saturated carbocycles. The smallest absolute Gasteiger partial charge is 0.280 e. The van der Waals surface area contributed by atoms with Crippen LogP contribution in [0.25, 0.3) is 0 Å². The SMILES string of the molecule is COc1ccc([C@H]2CCC[NH+]2CC(=O)Nc2ccnn2C2CCCC2)c(OC)c1. The summed E-state index contributed by atoms with van der Waals surface area (Å²) in [4.78, 5) is 14.1. The number of amides is 1. The van der Waals surface area contributed by atoms with E-state index in [9.17, 15) is 4.79 Å². The van der Waals surface area contributed by atoms with Gasteiger partial charge in [0.05, 0.1) is 38.6 Å². The normalized spacial score (nSPS) is 22.0. The molecule has 1 aliphatic carbocycles. The van der Waals surface area contributed by atoms with Crippen molar-refractivity contribution in [2.24, 2.45) is 0 Å². The van der Waals surface area contributed by atoms with E-state index in [1.807, 2.05) is 22.9 Å². The quantitative estimate of drug-likeness (QED) is 0.750. The van der Waals surface area contributed by atoms with Crippen LogP contribution in [0.5, 0.6) is 11.5 Å². The van der Waals surface area contributed by atoms with Gasteiger partial charge in [-0.05, 0) is 25.0 Å². The van der Waals surface area contributed by atoms with Gasteiger partial charge in [-0.15, -0.1) is 0 Å². The molecule has 2 atom stereocenters. The number of anilines is 1. The third-order valence-electron chi connectivity index (χ3n) is 6.30. The molecule has 29 heavy (non-hydrogen) atoms. The van der Waals surface area contributed by atoms with Crippen molar-refractivity contribution in [3.63, 3.8) is 0 Å². The number of rotatable bonds is 7. The molecule has 1 unspecified atom stereocenters. The first kappa shape index (κ1) is 19.8. The van der Waals surface area contributed by atoms with E-state index in [0.717, 1.165) is 55.1 Å². The Morgan fingerprint density at radius 3 is 2.76 bits per heavy atom. The van der Waals surface area contributed by atoms with E-state index >= 15 is 0 Å². The molecule has 2 heterocycles. The fourth-order valence-corrected chi connectivity index (χ4v) is 4.85. The highest BCUT2D eigenvalue weighted by atomic mass is 16.5. The molecule has 1 aromatic heterocycles. The van der Waals surface area contributed by atoms with E-state index in [4.69, 9.17) is 9.47 Å². The van der Waals surface area contributed by atoms with Gasteiger partial charge in [0.1, 0.15) is 23.4 Å². The van der Waals surface area contributed by atoms with Crippen molar-refractivity contribution in [3.8, 4) is 11.5 Å². The monoisotopic (exact) mass is 399 g/mol. The lowest BCUT2D eigenvalue weighted by atomic mass is 10.0. The zero-order valence-corrected chi connectivity index (χ0v) is 17.3. The zero-order valence-electron chi connectivity index (χ0n) is 17.3. The van der Waals surface area contributed by atoms with Gasteiger partial charge in [-0.1, -0.05) is 12.8 Å². The second kappa shape index (κ2) is 8.86. The van der Waals surface area contributed by atoms with Crippen LogP contribution in [0.2, 0.25) is 0 Å². The summed E-state index contributed by atoms with van der Waals surface area (Å²) in [6.45, 7) is 1.42. The molecule has 0 spiro atoms. The summed E-state index contributed by atoms with van der Waals surface area (Å²) in [5.41, 5.74) is 1.14. The minimum absolute atomic E-state index is 0.0409. The molecule has 7 nitrogen and oxygen atoms in total. The van der Waals surface area contributed by atoms with Crippen LogP contribution in [0.15, 0.2) is 30.5 Å². The highest BCUT2D eigenvalue weighted by Crippen LogP contribution is 2.32. The van der Waals surface area contributed by atoms with E-state index < -0.39 is 0 Å². The van der Waals surface area contributed by atoms with Gasteiger partial charge in [-0.25, -0.2) is 4.68 Å². The molecule has 4 rings (SSSR count). The highest BCUT2D eigenvalue weighted by molar-refractivity contribution is 5.90. The standard InChI is InChI=1S/C22H30N4O3/c1-28-17-9-10-18(20(14-17)29-2)19-8-5-13-25(19)15-22(27)24-21-11-12-23-26(21)16-6-3-4-7-16/h9-12,14,16,19H,3-8,13,15H2,1-2H3,(H,24,27)/p+1/t19-/m1/s1. The number of benzene rings is 1. The maximum absolute atomic E-state index is 12.8. The maximum atomic E-state index is 12.8. The fourth-order valence-electron chi connectivity index (χ4n) is 4.85. The molecular formula is C22H31N4O3+. The van der Waals surface area contributed by atoms with Crippen LogP contribution in [-0.4, -0.2) is 43.0 Å². The van der Waals surface area contributed by atoms with E-state index in [1.54, 1.807) is 20.4 Å². The maximum Gasteiger partial charge on any atom is 0.280 e. The number of carbonyl (C=O) groups excluding carboxylic acids is 1. The number of carbonyl (C=O) groups is 1. The van der Waals surface area contributed by atoms with Gasteiger partial charge in [0.15, 0.2) is 6.54 Å². The Morgan fingerprint density at radius 1 is 1.17 bits per heavy atom. The minimum Gasteiger partial charge on any atom is -0.497 e. The molecule has 2 aliphatic rings. The molecule has 2 N–H and O–H groups in total. The molecule has 1 aliphatic heterocycles. The summed E-state index contributed by atoms with van der Waals surface area (Å²) < 4.78 is 12.9. The van der Waals surface area contributed by atoms with E-state index in [-0.39, 0.29) is 11.9 Å². The summed E-state index contributed by atoms with van der Waals surface area (Å²) >= 11 is 0. The highest BCUT2D eigenvalue weighted by Gasteiger charge is 2.34. The number of hydrogen-bond donors (Lipinski definition) is 2. The number of ether oxygens (including phenoxy) is 2. The number of methoxy groups -OCH3 is 2. The van der Waals surface area contributed by atoms with Crippen molar-refractivity contribution in [1.29, 1.82) is 0 Å². The molecule has 2 aromatic rings. The van der Waals surface area contributed by atoms with Gasteiger partial charge in [0.2, 0.25) is 0 Å². The predicted molar refractivity (Wildman–Crippen MR) is 111 cm³/mol. The Morgan fingerprint density at radius 2 is 2.00 bits per heavy atom. The number of aromatic nitrogens is 2. The number of hydrogen-bond acceptors (Lipinski definition) is 4. The molecule has 1 saturated heterocycles. The first-order chi connectivity index (χ1) is 14.2. The van der Waals surface area contributed by atoms with Gasteiger partial charge in [-0.3, -0.25) is 4.79 Å². The second-order valence-corrected chi connectivity index (χ2v) is 8.04. The topological polar surface area (TPSA) is 69.8 Å². The van der Waals surface area contributed by atoms with Crippen molar-refractivity contribution in [3.05, 3.63) is 36.0 Å². The lowest BCUT2D eigenvalue weighted by molar-refractivity contribution is -0.910. The number of likely N-dealkylation sites (tertiary alicyclic amines) is 1. The lowest BCUT2D eigenvalue weighted by Crippen LogP contribution is -3.11. The summed E-state index contributed by atoms with van der Waals surface area (Å²) in [5, 5.41) is 7.55. The average Bonchev–Trinajstić information content (AvgIpc) is 3.49. The molecule has 1 aromatic carbocycles. The number of quaternary nitrogens is 1. The molecule has 0 bridgehead atoms. The molecule has 2 fully saturated rings. The first-order valence-corrected chi connectivity index (χ1v) is 10.6. The van der Waals surface area contributed by atoms with Crippen LogP contribution in [0, 0.1) is 0 Å². The molecule has 0 radical (unpaired) electrons. The Balaban J connectivity index is 1.44.